The highest BCUT2D eigenvalue weighted by molar-refractivity contribution is 7.92. The summed E-state index contributed by atoms with van der Waals surface area (Å²) in [5.74, 6) is 1.61. The summed E-state index contributed by atoms with van der Waals surface area (Å²) in [5, 5.41) is 6.40. The van der Waals surface area contributed by atoms with Gasteiger partial charge in [-0.2, -0.15) is 0 Å². The van der Waals surface area contributed by atoms with Crippen molar-refractivity contribution in [1.29, 1.82) is 0 Å². The van der Waals surface area contributed by atoms with E-state index in [2.05, 4.69) is 15.4 Å². The quantitative estimate of drug-likeness (QED) is 0.416. The molecule has 0 unspecified atom stereocenters. The van der Waals surface area contributed by atoms with Crippen LogP contribution >= 0.6 is 12.2 Å². The summed E-state index contributed by atoms with van der Waals surface area (Å²) in [5.41, 5.74) is 1.69. The number of sulfonamides is 1. The lowest BCUT2D eigenvalue weighted by Crippen LogP contribution is -2.19. The molecular formula is C22H23N3O5S2. The van der Waals surface area contributed by atoms with E-state index in [1.807, 2.05) is 0 Å². The lowest BCUT2D eigenvalue weighted by atomic mass is 10.2. The van der Waals surface area contributed by atoms with Gasteiger partial charge < -0.3 is 24.8 Å². The molecule has 0 heterocycles. The molecule has 0 amide bonds. The Bertz CT molecular complexity index is 1200. The third kappa shape index (κ3) is 5.59. The van der Waals surface area contributed by atoms with Crippen molar-refractivity contribution in [1.82, 2.24) is 0 Å². The molecule has 3 N–H and O–H groups in total. The summed E-state index contributed by atoms with van der Waals surface area (Å²) in [6, 6.07) is 18.3. The van der Waals surface area contributed by atoms with Gasteiger partial charge in [0, 0.05) is 17.4 Å². The lowest BCUT2D eigenvalue weighted by Gasteiger charge is -2.14. The number of benzene rings is 3. The number of hydrogen-bond donors (Lipinski definition) is 3. The first-order valence-corrected chi connectivity index (χ1v) is 11.3. The van der Waals surface area contributed by atoms with Gasteiger partial charge in [-0.05, 0) is 60.7 Å². The zero-order chi connectivity index (χ0) is 23.1. The molecule has 0 saturated heterocycles. The molecule has 0 aromatic heterocycles. The lowest BCUT2D eigenvalue weighted by molar-refractivity contribution is 0.355. The molecule has 0 aliphatic heterocycles. The highest BCUT2D eigenvalue weighted by atomic mass is 32.2. The van der Waals surface area contributed by atoms with Gasteiger partial charge in [-0.1, -0.05) is 12.1 Å². The van der Waals surface area contributed by atoms with Crippen molar-refractivity contribution < 1.29 is 22.6 Å². The minimum Gasteiger partial charge on any atom is -0.495 e. The number of thiocarbonyl (C=S) groups is 1. The molecule has 0 aliphatic carbocycles. The average molecular weight is 474 g/mol. The van der Waals surface area contributed by atoms with Crippen LogP contribution in [0.5, 0.6) is 17.2 Å². The van der Waals surface area contributed by atoms with E-state index in [-0.39, 0.29) is 4.90 Å². The van der Waals surface area contributed by atoms with E-state index in [0.29, 0.717) is 39.4 Å². The number of para-hydroxylation sites is 2. The molecule has 0 aliphatic rings. The predicted molar refractivity (Wildman–Crippen MR) is 130 cm³/mol. The number of ether oxygens (including phenoxy) is 3. The minimum absolute atomic E-state index is 0.104. The molecule has 3 aromatic rings. The predicted octanol–water partition coefficient (Wildman–Crippen LogP) is 4.32. The second kappa shape index (κ2) is 10.2. The van der Waals surface area contributed by atoms with Crippen molar-refractivity contribution in [2.24, 2.45) is 0 Å². The average Bonchev–Trinajstić information content (AvgIpc) is 2.79. The van der Waals surface area contributed by atoms with E-state index < -0.39 is 10.0 Å². The Morgan fingerprint density at radius 1 is 0.750 bits per heavy atom. The van der Waals surface area contributed by atoms with Gasteiger partial charge in [-0.15, -0.1) is 0 Å². The Kier molecular flexibility index (Phi) is 7.39. The highest BCUT2D eigenvalue weighted by Gasteiger charge is 2.16. The van der Waals surface area contributed by atoms with Crippen LogP contribution in [0, 0.1) is 0 Å². The zero-order valence-corrected chi connectivity index (χ0v) is 19.3. The smallest absolute Gasteiger partial charge is 0.262 e. The third-order valence-electron chi connectivity index (χ3n) is 4.42. The molecule has 0 bridgehead atoms. The minimum atomic E-state index is -3.79. The van der Waals surface area contributed by atoms with Crippen LogP contribution < -0.4 is 29.6 Å². The van der Waals surface area contributed by atoms with Crippen LogP contribution in [0.15, 0.2) is 71.6 Å². The van der Waals surface area contributed by atoms with E-state index in [9.17, 15) is 8.42 Å². The van der Waals surface area contributed by atoms with Crippen LogP contribution in [0.25, 0.3) is 0 Å². The topological polar surface area (TPSA) is 97.9 Å². The van der Waals surface area contributed by atoms with E-state index in [1.54, 1.807) is 68.8 Å². The molecule has 10 heteroatoms. The molecule has 0 radical (unpaired) electrons. The Morgan fingerprint density at radius 2 is 1.34 bits per heavy atom. The van der Waals surface area contributed by atoms with Gasteiger partial charge in [0.05, 0.1) is 31.9 Å². The van der Waals surface area contributed by atoms with Gasteiger partial charge in [0.15, 0.2) is 16.6 Å². The van der Waals surface area contributed by atoms with Crippen LogP contribution in [0.4, 0.5) is 17.1 Å². The summed E-state index contributed by atoms with van der Waals surface area (Å²) in [7, 11) is 0.807. The van der Waals surface area contributed by atoms with Crippen LogP contribution in [-0.2, 0) is 10.0 Å². The monoisotopic (exact) mass is 473 g/mol. The van der Waals surface area contributed by atoms with E-state index in [0.717, 1.165) is 0 Å². The van der Waals surface area contributed by atoms with E-state index in [1.165, 1.54) is 19.2 Å². The second-order valence-electron chi connectivity index (χ2n) is 6.48. The molecule has 32 heavy (non-hydrogen) atoms. The zero-order valence-electron chi connectivity index (χ0n) is 17.7. The Balaban J connectivity index is 1.67. The van der Waals surface area contributed by atoms with Crippen LogP contribution in [0.3, 0.4) is 0 Å². The fourth-order valence-electron chi connectivity index (χ4n) is 2.86. The van der Waals surface area contributed by atoms with Gasteiger partial charge in [0.25, 0.3) is 10.0 Å². The molecule has 0 saturated carbocycles. The molecule has 0 spiro atoms. The summed E-state index contributed by atoms with van der Waals surface area (Å²) >= 11 is 5.34. The summed E-state index contributed by atoms with van der Waals surface area (Å²) in [6.07, 6.45) is 0. The molecule has 0 fully saturated rings. The van der Waals surface area contributed by atoms with Crippen LogP contribution in [0.2, 0.25) is 0 Å². The maximum atomic E-state index is 12.7. The van der Waals surface area contributed by atoms with Gasteiger partial charge in [0.2, 0.25) is 0 Å². The van der Waals surface area contributed by atoms with Gasteiger partial charge in [-0.25, -0.2) is 8.42 Å². The maximum absolute atomic E-state index is 12.7. The number of anilines is 3. The standard InChI is InChI=1S/C22H23N3O5S2/c1-28-19-7-5-4-6-18(19)25-32(26,27)17-11-8-15(9-12-17)23-22(31)24-16-10-13-20(29-2)21(14-16)30-3/h4-14,25H,1-3H3,(H2,23,24,31). The van der Waals surface area contributed by atoms with Crippen molar-refractivity contribution in [2.75, 3.05) is 36.7 Å². The fraction of sp³-hybridized carbons (Fsp3) is 0.136. The molecule has 0 atom stereocenters. The first-order valence-electron chi connectivity index (χ1n) is 9.42. The third-order valence-corrected chi connectivity index (χ3v) is 6.00. The first-order chi connectivity index (χ1) is 15.4. The molecule has 8 nitrogen and oxygen atoms in total. The SMILES string of the molecule is COc1ccccc1NS(=O)(=O)c1ccc(NC(=S)Nc2ccc(OC)c(OC)c2)cc1. The number of rotatable bonds is 8. The van der Waals surface area contributed by atoms with E-state index >= 15 is 0 Å². The number of methoxy groups -OCH3 is 3. The number of nitrogens with one attached hydrogen (secondary N) is 3. The highest BCUT2D eigenvalue weighted by Crippen LogP contribution is 2.30. The van der Waals surface area contributed by atoms with E-state index in [4.69, 9.17) is 26.4 Å². The van der Waals surface area contributed by atoms with Crippen LogP contribution in [-0.4, -0.2) is 34.9 Å². The molecule has 3 aromatic carbocycles. The first kappa shape index (κ1) is 23.2. The maximum Gasteiger partial charge on any atom is 0.262 e. The molecular weight excluding hydrogens is 450 g/mol. The summed E-state index contributed by atoms with van der Waals surface area (Å²) in [4.78, 5) is 0.104. The number of hydrogen-bond acceptors (Lipinski definition) is 6. The van der Waals surface area contributed by atoms with Gasteiger partial charge in [-0.3, -0.25) is 4.72 Å². The van der Waals surface area contributed by atoms with Crippen molar-refractivity contribution >= 4 is 44.4 Å². The second-order valence-corrected chi connectivity index (χ2v) is 8.57. The summed E-state index contributed by atoms with van der Waals surface area (Å²) < 4.78 is 43.6. The van der Waals surface area contributed by atoms with Crippen molar-refractivity contribution in [3.05, 3.63) is 66.7 Å². The fourth-order valence-corrected chi connectivity index (χ4v) is 4.16. The molecule has 168 valence electrons. The van der Waals surface area contributed by atoms with Gasteiger partial charge in [0.1, 0.15) is 5.75 Å². The van der Waals surface area contributed by atoms with Gasteiger partial charge >= 0.3 is 0 Å². The largest absolute Gasteiger partial charge is 0.495 e. The summed E-state index contributed by atoms with van der Waals surface area (Å²) in [6.45, 7) is 0. The van der Waals surface area contributed by atoms with Crippen molar-refractivity contribution in [3.8, 4) is 17.2 Å². The van der Waals surface area contributed by atoms with Crippen LogP contribution in [0.1, 0.15) is 0 Å². The Hall–Kier alpha value is -3.50. The Morgan fingerprint density at radius 3 is 2.00 bits per heavy atom. The van der Waals surface area contributed by atoms with Crippen molar-refractivity contribution in [3.63, 3.8) is 0 Å². The normalized spacial score (nSPS) is 10.7. The molecule has 3 rings (SSSR count). The Labute approximate surface area is 192 Å². The van der Waals surface area contributed by atoms with Crippen molar-refractivity contribution in [2.45, 2.75) is 4.90 Å².